The summed E-state index contributed by atoms with van der Waals surface area (Å²) in [5.74, 6) is -1.16. The van der Waals surface area contributed by atoms with E-state index in [-0.39, 0.29) is 35.6 Å². The van der Waals surface area contributed by atoms with Crippen LogP contribution in [0.1, 0.15) is 16.8 Å². The number of methoxy groups -OCH3 is 1. The molecule has 0 aliphatic carbocycles. The molecule has 1 fully saturated rings. The molecule has 2 amide bonds. The molecule has 0 spiro atoms. The Morgan fingerprint density at radius 2 is 1.92 bits per heavy atom. The second-order valence-corrected chi connectivity index (χ2v) is 5.97. The number of benzene rings is 1. The summed E-state index contributed by atoms with van der Waals surface area (Å²) in [7, 11) is 1.51. The lowest BCUT2D eigenvalue weighted by molar-refractivity contribution is -0.135. The number of amides is 2. The van der Waals surface area contributed by atoms with E-state index in [9.17, 15) is 14.0 Å². The molecule has 1 unspecified atom stereocenters. The third kappa shape index (κ3) is 4.23. The Kier molecular flexibility index (Phi) is 6.53. The molecule has 1 heterocycles. The van der Waals surface area contributed by atoms with Crippen molar-refractivity contribution in [3.05, 3.63) is 34.6 Å². The molecule has 1 atom stereocenters. The van der Waals surface area contributed by atoms with E-state index in [2.05, 4.69) is 0 Å². The summed E-state index contributed by atoms with van der Waals surface area (Å²) >= 11 is 5.93. The zero-order valence-corrected chi connectivity index (χ0v) is 14.3. The van der Waals surface area contributed by atoms with Gasteiger partial charge < -0.3 is 20.3 Å². The fourth-order valence-corrected chi connectivity index (χ4v) is 2.85. The number of ether oxygens (including phenoxy) is 1. The summed E-state index contributed by atoms with van der Waals surface area (Å²) in [6, 6.07) is 4.14. The van der Waals surface area contributed by atoms with E-state index >= 15 is 0 Å². The van der Waals surface area contributed by atoms with Gasteiger partial charge in [-0.05, 0) is 12.1 Å². The molecule has 0 saturated carbocycles. The monoisotopic (exact) mass is 357 g/mol. The first-order valence-corrected chi connectivity index (χ1v) is 8.09. The van der Waals surface area contributed by atoms with Gasteiger partial charge in [-0.3, -0.25) is 9.59 Å². The van der Waals surface area contributed by atoms with Crippen LogP contribution in [0.5, 0.6) is 0 Å². The molecule has 0 bridgehead atoms. The fraction of sp³-hybridized carbons (Fsp3) is 0.500. The first-order chi connectivity index (χ1) is 11.5. The van der Waals surface area contributed by atoms with Crippen molar-refractivity contribution in [3.63, 3.8) is 0 Å². The van der Waals surface area contributed by atoms with Gasteiger partial charge in [0.15, 0.2) is 0 Å². The molecular weight excluding hydrogens is 337 g/mol. The third-order valence-corrected chi connectivity index (χ3v) is 4.41. The molecule has 8 heteroatoms. The van der Waals surface area contributed by atoms with Crippen molar-refractivity contribution in [1.29, 1.82) is 0 Å². The van der Waals surface area contributed by atoms with Crippen LogP contribution in [-0.4, -0.2) is 67.6 Å². The third-order valence-electron chi connectivity index (χ3n) is 4.09. The van der Waals surface area contributed by atoms with Gasteiger partial charge in [-0.15, -0.1) is 0 Å². The van der Waals surface area contributed by atoms with Gasteiger partial charge in [-0.1, -0.05) is 17.7 Å². The maximum absolute atomic E-state index is 13.9. The minimum absolute atomic E-state index is 0.0664. The Morgan fingerprint density at radius 1 is 1.29 bits per heavy atom. The quantitative estimate of drug-likeness (QED) is 0.857. The molecule has 132 valence electrons. The van der Waals surface area contributed by atoms with Crippen LogP contribution in [-0.2, 0) is 9.53 Å². The SMILES string of the molecule is COC(CN)CC(=O)N1CCN(C(=O)c2c(F)cccc2Cl)CC1. The second kappa shape index (κ2) is 8.41. The maximum atomic E-state index is 13.9. The Morgan fingerprint density at radius 3 is 2.46 bits per heavy atom. The molecule has 6 nitrogen and oxygen atoms in total. The molecule has 1 aromatic rings. The normalized spacial score (nSPS) is 16.2. The average molecular weight is 358 g/mol. The maximum Gasteiger partial charge on any atom is 0.258 e. The predicted molar refractivity (Wildman–Crippen MR) is 88.4 cm³/mol. The number of hydrogen-bond acceptors (Lipinski definition) is 4. The van der Waals surface area contributed by atoms with Gasteiger partial charge in [0.05, 0.1) is 23.1 Å². The summed E-state index contributed by atoms with van der Waals surface area (Å²) < 4.78 is 19.0. The Hall–Kier alpha value is -1.70. The van der Waals surface area contributed by atoms with Crippen molar-refractivity contribution >= 4 is 23.4 Å². The van der Waals surface area contributed by atoms with E-state index in [0.29, 0.717) is 26.2 Å². The highest BCUT2D eigenvalue weighted by Gasteiger charge is 2.28. The number of nitrogens with two attached hydrogens (primary N) is 1. The summed E-state index contributed by atoms with van der Waals surface area (Å²) in [6.45, 7) is 1.70. The Labute approximate surface area is 145 Å². The number of halogens is 2. The molecule has 0 aromatic heterocycles. The van der Waals surface area contributed by atoms with E-state index in [1.807, 2.05) is 0 Å². The highest BCUT2D eigenvalue weighted by Crippen LogP contribution is 2.21. The van der Waals surface area contributed by atoms with Gasteiger partial charge in [-0.2, -0.15) is 0 Å². The van der Waals surface area contributed by atoms with Crippen molar-refractivity contribution in [2.24, 2.45) is 5.73 Å². The molecule has 0 radical (unpaired) electrons. The molecule has 2 N–H and O–H groups in total. The van der Waals surface area contributed by atoms with Crippen LogP contribution in [0.4, 0.5) is 4.39 Å². The van der Waals surface area contributed by atoms with Crippen LogP contribution < -0.4 is 5.73 Å². The zero-order valence-electron chi connectivity index (χ0n) is 13.5. The van der Waals surface area contributed by atoms with Gasteiger partial charge in [0.2, 0.25) is 5.91 Å². The van der Waals surface area contributed by atoms with Crippen LogP contribution in [0.15, 0.2) is 18.2 Å². The molecule has 1 aliphatic heterocycles. The van der Waals surface area contributed by atoms with Gasteiger partial charge >= 0.3 is 0 Å². The molecule has 1 aromatic carbocycles. The minimum Gasteiger partial charge on any atom is -0.380 e. The number of carbonyl (C=O) groups excluding carboxylic acids is 2. The summed E-state index contributed by atoms with van der Waals surface area (Å²) in [5.41, 5.74) is 5.40. The zero-order chi connectivity index (χ0) is 17.7. The standard InChI is InChI=1S/C16H21ClFN3O3/c1-24-11(10-19)9-14(22)20-5-7-21(8-6-20)16(23)15-12(17)3-2-4-13(15)18/h2-4,11H,5-10,19H2,1H3. The Balaban J connectivity index is 1.95. The van der Waals surface area contributed by atoms with Gasteiger partial charge in [0.25, 0.3) is 5.91 Å². The average Bonchev–Trinajstić information content (AvgIpc) is 2.59. The lowest BCUT2D eigenvalue weighted by Gasteiger charge is -2.35. The first kappa shape index (κ1) is 18.6. The van der Waals surface area contributed by atoms with Crippen molar-refractivity contribution in [3.8, 4) is 0 Å². The number of hydrogen-bond donors (Lipinski definition) is 1. The number of piperazine rings is 1. The van der Waals surface area contributed by atoms with E-state index in [1.165, 1.54) is 30.2 Å². The fourth-order valence-electron chi connectivity index (χ4n) is 2.61. The summed E-state index contributed by atoms with van der Waals surface area (Å²) in [5, 5.41) is 0.0874. The molecule has 1 saturated heterocycles. The molecule has 1 aliphatic rings. The van der Waals surface area contributed by atoms with E-state index < -0.39 is 11.7 Å². The van der Waals surface area contributed by atoms with Crippen molar-refractivity contribution < 1.29 is 18.7 Å². The van der Waals surface area contributed by atoms with Crippen molar-refractivity contribution in [2.75, 3.05) is 39.8 Å². The van der Waals surface area contributed by atoms with Gasteiger partial charge in [-0.25, -0.2) is 4.39 Å². The predicted octanol–water partition coefficient (Wildman–Crippen LogP) is 1.13. The van der Waals surface area contributed by atoms with E-state index in [1.54, 1.807) is 4.90 Å². The van der Waals surface area contributed by atoms with Crippen LogP contribution in [0.25, 0.3) is 0 Å². The van der Waals surface area contributed by atoms with E-state index in [0.717, 1.165) is 0 Å². The highest BCUT2D eigenvalue weighted by atomic mass is 35.5. The molecular formula is C16H21ClFN3O3. The van der Waals surface area contributed by atoms with Gasteiger partial charge in [0.1, 0.15) is 5.82 Å². The van der Waals surface area contributed by atoms with Crippen molar-refractivity contribution in [1.82, 2.24) is 9.80 Å². The smallest absolute Gasteiger partial charge is 0.258 e. The molecule has 2 rings (SSSR count). The van der Waals surface area contributed by atoms with Crippen LogP contribution in [0, 0.1) is 5.82 Å². The minimum atomic E-state index is -0.642. The van der Waals surface area contributed by atoms with Crippen molar-refractivity contribution in [2.45, 2.75) is 12.5 Å². The van der Waals surface area contributed by atoms with Gasteiger partial charge in [0, 0.05) is 39.8 Å². The number of carbonyl (C=O) groups is 2. The number of nitrogens with zero attached hydrogens (tertiary/aromatic N) is 2. The first-order valence-electron chi connectivity index (χ1n) is 7.71. The lowest BCUT2D eigenvalue weighted by atomic mass is 10.1. The van der Waals surface area contributed by atoms with Crippen LogP contribution in [0.2, 0.25) is 5.02 Å². The van der Waals surface area contributed by atoms with Crippen LogP contribution in [0.3, 0.4) is 0 Å². The largest absolute Gasteiger partial charge is 0.380 e. The highest BCUT2D eigenvalue weighted by molar-refractivity contribution is 6.33. The Bertz CT molecular complexity index is 582. The summed E-state index contributed by atoms with van der Waals surface area (Å²) in [6.07, 6.45) is -0.102. The number of rotatable bonds is 5. The topological polar surface area (TPSA) is 75.9 Å². The summed E-state index contributed by atoms with van der Waals surface area (Å²) in [4.78, 5) is 27.8. The van der Waals surface area contributed by atoms with E-state index in [4.69, 9.17) is 22.1 Å². The van der Waals surface area contributed by atoms with Crippen LogP contribution >= 0.6 is 11.6 Å². The lowest BCUT2D eigenvalue weighted by Crippen LogP contribution is -2.51. The molecule has 24 heavy (non-hydrogen) atoms. The second-order valence-electron chi connectivity index (χ2n) is 5.57.